The van der Waals surface area contributed by atoms with Crippen LogP contribution in [0, 0.1) is 18.3 Å². The van der Waals surface area contributed by atoms with Crippen LogP contribution in [0.5, 0.6) is 0 Å². The maximum atomic E-state index is 4.06. The molecule has 3 rings (SSSR count). The van der Waals surface area contributed by atoms with Crippen LogP contribution >= 0.6 is 0 Å². The van der Waals surface area contributed by atoms with Crippen LogP contribution in [0.4, 0.5) is 0 Å². The summed E-state index contributed by atoms with van der Waals surface area (Å²) in [6.07, 6.45) is 14.8. The van der Waals surface area contributed by atoms with Gasteiger partial charge in [-0.25, -0.2) is 0 Å². The van der Waals surface area contributed by atoms with Crippen molar-refractivity contribution in [1.82, 2.24) is 0 Å². The molecule has 0 saturated carbocycles. The number of hydrogen-bond acceptors (Lipinski definition) is 0. The molecule has 1 aromatic rings. The average molecular weight is 379 g/mol. The average Bonchev–Trinajstić information content (AvgIpc) is 2.63. The molecule has 0 saturated heterocycles. The summed E-state index contributed by atoms with van der Waals surface area (Å²) in [4.78, 5) is 0. The molecule has 0 aromatic heterocycles. The summed E-state index contributed by atoms with van der Waals surface area (Å²) in [7, 11) is 0. The van der Waals surface area contributed by atoms with Crippen molar-refractivity contribution in [3.8, 4) is 0 Å². The summed E-state index contributed by atoms with van der Waals surface area (Å²) in [6, 6.07) is 5.12. The Morgan fingerprint density at radius 3 is 2.61 bits per heavy atom. The van der Waals surface area contributed by atoms with E-state index in [1.165, 1.54) is 62.5 Å². The predicted octanol–water partition coefficient (Wildman–Crippen LogP) is 8.43. The molecule has 2 aliphatic rings. The zero-order valence-corrected chi connectivity index (χ0v) is 19.3. The Morgan fingerprint density at radius 2 is 1.93 bits per heavy atom. The van der Waals surface area contributed by atoms with Gasteiger partial charge in [0.25, 0.3) is 0 Å². The molecule has 0 nitrogen and oxygen atoms in total. The number of unbranched alkanes of at least 4 members (excludes halogenated alkanes) is 3. The van der Waals surface area contributed by atoms with Crippen LogP contribution in [0.1, 0.15) is 108 Å². The molecule has 1 aromatic carbocycles. The van der Waals surface area contributed by atoms with E-state index < -0.39 is 0 Å². The van der Waals surface area contributed by atoms with Gasteiger partial charge in [-0.15, -0.1) is 0 Å². The van der Waals surface area contributed by atoms with E-state index >= 15 is 0 Å². The highest BCUT2D eigenvalue weighted by Crippen LogP contribution is 2.54. The first-order valence-electron chi connectivity index (χ1n) is 11.6. The van der Waals surface area contributed by atoms with Gasteiger partial charge in [0, 0.05) is 0 Å². The third-order valence-corrected chi connectivity index (χ3v) is 7.77. The molecule has 2 unspecified atom stereocenters. The molecule has 0 bridgehead atoms. The molecular weight excluding hydrogens is 336 g/mol. The molecule has 2 atom stereocenters. The highest BCUT2D eigenvalue weighted by atomic mass is 14.5. The lowest BCUT2D eigenvalue weighted by molar-refractivity contribution is 0.151. The summed E-state index contributed by atoms with van der Waals surface area (Å²) in [6.45, 7) is 18.6. The molecule has 0 radical (unpaired) electrons. The van der Waals surface area contributed by atoms with Crippen molar-refractivity contribution in [2.45, 2.75) is 104 Å². The van der Waals surface area contributed by atoms with Crippen molar-refractivity contribution in [3.63, 3.8) is 0 Å². The number of benzene rings is 1. The SMILES string of the molecule is C=CC1=CCC2C(C1)c1c(C)cc(C(C)(C)CCCCCC)cc1CC2(C)C. The van der Waals surface area contributed by atoms with Gasteiger partial charge in [-0.3, -0.25) is 0 Å². The van der Waals surface area contributed by atoms with Crippen LogP contribution < -0.4 is 0 Å². The van der Waals surface area contributed by atoms with Gasteiger partial charge in [-0.05, 0) is 77.5 Å². The Bertz CT molecular complexity index is 744. The highest BCUT2D eigenvalue weighted by Gasteiger charge is 2.43. The minimum Gasteiger partial charge on any atom is -0.0988 e. The van der Waals surface area contributed by atoms with Crippen LogP contribution in [0.2, 0.25) is 0 Å². The Morgan fingerprint density at radius 1 is 1.18 bits per heavy atom. The first-order chi connectivity index (χ1) is 13.2. The second-order valence-electron chi connectivity index (χ2n) is 10.9. The third kappa shape index (κ3) is 4.17. The van der Waals surface area contributed by atoms with Crippen molar-refractivity contribution < 1.29 is 0 Å². The largest absolute Gasteiger partial charge is 0.0988 e. The summed E-state index contributed by atoms with van der Waals surface area (Å²) >= 11 is 0. The van der Waals surface area contributed by atoms with E-state index in [1.54, 1.807) is 16.7 Å². The lowest BCUT2D eigenvalue weighted by Gasteiger charge is -2.48. The van der Waals surface area contributed by atoms with Gasteiger partial charge >= 0.3 is 0 Å². The summed E-state index contributed by atoms with van der Waals surface area (Å²) in [5, 5.41) is 0. The molecule has 0 N–H and O–H groups in total. The number of fused-ring (bicyclic) bond motifs is 3. The summed E-state index contributed by atoms with van der Waals surface area (Å²) < 4.78 is 0. The Labute approximate surface area is 174 Å². The molecular formula is C28H42. The Kier molecular flexibility index (Phi) is 6.28. The van der Waals surface area contributed by atoms with Gasteiger partial charge in [0.15, 0.2) is 0 Å². The van der Waals surface area contributed by atoms with Crippen LogP contribution in [0.15, 0.2) is 36.4 Å². The lowest BCUT2D eigenvalue weighted by Crippen LogP contribution is -2.38. The fraction of sp³-hybridized carbons (Fsp3) is 0.643. The topological polar surface area (TPSA) is 0 Å². The highest BCUT2D eigenvalue weighted by molar-refractivity contribution is 5.47. The van der Waals surface area contributed by atoms with E-state index in [2.05, 4.69) is 72.4 Å². The monoisotopic (exact) mass is 378 g/mol. The van der Waals surface area contributed by atoms with Gasteiger partial charge in [-0.1, -0.05) is 96.7 Å². The van der Waals surface area contributed by atoms with Crippen molar-refractivity contribution >= 4 is 0 Å². The molecule has 0 fully saturated rings. The van der Waals surface area contributed by atoms with E-state index in [0.29, 0.717) is 11.3 Å². The van der Waals surface area contributed by atoms with E-state index in [0.717, 1.165) is 5.92 Å². The van der Waals surface area contributed by atoms with Gasteiger partial charge in [0.2, 0.25) is 0 Å². The van der Waals surface area contributed by atoms with Crippen LogP contribution in [0.3, 0.4) is 0 Å². The van der Waals surface area contributed by atoms with Gasteiger partial charge in [-0.2, -0.15) is 0 Å². The Hall–Kier alpha value is -1.30. The summed E-state index contributed by atoms with van der Waals surface area (Å²) in [5.41, 5.74) is 8.49. The second kappa shape index (κ2) is 8.21. The van der Waals surface area contributed by atoms with Crippen molar-refractivity contribution in [2.24, 2.45) is 11.3 Å². The molecule has 2 aliphatic carbocycles. The fourth-order valence-corrected chi connectivity index (χ4v) is 5.95. The van der Waals surface area contributed by atoms with Crippen molar-refractivity contribution in [1.29, 1.82) is 0 Å². The van der Waals surface area contributed by atoms with Gasteiger partial charge in [0.05, 0.1) is 0 Å². The van der Waals surface area contributed by atoms with Gasteiger partial charge in [0.1, 0.15) is 0 Å². The third-order valence-electron chi connectivity index (χ3n) is 7.77. The maximum absolute atomic E-state index is 4.06. The van der Waals surface area contributed by atoms with Crippen LogP contribution in [-0.4, -0.2) is 0 Å². The molecule has 0 amide bonds. The minimum atomic E-state index is 0.271. The summed E-state index contributed by atoms with van der Waals surface area (Å²) in [5.74, 6) is 1.42. The molecule has 28 heavy (non-hydrogen) atoms. The molecule has 154 valence electrons. The van der Waals surface area contributed by atoms with E-state index in [-0.39, 0.29) is 5.41 Å². The van der Waals surface area contributed by atoms with Crippen LogP contribution in [-0.2, 0) is 11.8 Å². The van der Waals surface area contributed by atoms with Crippen LogP contribution in [0.25, 0.3) is 0 Å². The maximum Gasteiger partial charge on any atom is -0.00797 e. The predicted molar refractivity (Wildman–Crippen MR) is 124 cm³/mol. The zero-order chi connectivity index (χ0) is 20.5. The smallest absolute Gasteiger partial charge is 0.00797 e. The molecule has 0 aliphatic heterocycles. The van der Waals surface area contributed by atoms with Crippen molar-refractivity contribution in [2.75, 3.05) is 0 Å². The first-order valence-corrected chi connectivity index (χ1v) is 11.6. The Balaban J connectivity index is 1.94. The minimum absolute atomic E-state index is 0.271. The van der Waals surface area contributed by atoms with Gasteiger partial charge < -0.3 is 0 Å². The second-order valence-corrected chi connectivity index (χ2v) is 10.9. The molecule has 0 heteroatoms. The first kappa shape index (κ1) is 21.4. The van der Waals surface area contributed by atoms with E-state index in [1.807, 2.05) is 0 Å². The molecule has 0 heterocycles. The van der Waals surface area contributed by atoms with E-state index in [4.69, 9.17) is 0 Å². The quantitative estimate of drug-likeness (QED) is 0.418. The lowest BCUT2D eigenvalue weighted by atomic mass is 9.56. The zero-order valence-electron chi connectivity index (χ0n) is 19.3. The molecule has 0 spiro atoms. The number of rotatable bonds is 7. The van der Waals surface area contributed by atoms with Crippen molar-refractivity contribution in [3.05, 3.63) is 58.7 Å². The number of hydrogen-bond donors (Lipinski definition) is 0. The number of aryl methyl sites for hydroxylation is 1. The fourth-order valence-electron chi connectivity index (χ4n) is 5.95. The number of allylic oxidation sites excluding steroid dienone is 3. The standard InChI is InChI=1S/C28H42/c1-8-10-11-12-15-27(4,5)23-16-20(3)26-22(18-23)19-28(6,7)25-14-13-21(9-2)17-24(25)26/h9,13,16,18,24-25H,2,8,10-12,14-15,17,19H2,1,3-7H3. The normalized spacial score (nSPS) is 23.6. The van der Waals surface area contributed by atoms with E-state index in [9.17, 15) is 0 Å².